The second-order valence-electron chi connectivity index (χ2n) is 2.42. The van der Waals surface area contributed by atoms with Crippen molar-refractivity contribution in [3.05, 3.63) is 12.7 Å². The van der Waals surface area contributed by atoms with Crippen molar-refractivity contribution >= 4 is 12.6 Å². The van der Waals surface area contributed by atoms with Gasteiger partial charge in [-0.3, -0.25) is 0 Å². The highest BCUT2D eigenvalue weighted by molar-refractivity contribution is 7.80. The molecule has 0 amide bonds. The lowest BCUT2D eigenvalue weighted by atomic mass is 10.1. The third-order valence-electron chi connectivity index (χ3n) is 1.41. The summed E-state index contributed by atoms with van der Waals surface area (Å²) in [6, 6.07) is 0.264. The molecule has 0 saturated heterocycles. The summed E-state index contributed by atoms with van der Waals surface area (Å²) in [5.41, 5.74) is 11.2. The van der Waals surface area contributed by atoms with Gasteiger partial charge in [0.25, 0.3) is 0 Å². The topological polar surface area (TPSA) is 52.0 Å². The van der Waals surface area contributed by atoms with Crippen LogP contribution in [0.1, 0.15) is 12.8 Å². The molecule has 0 bridgehead atoms. The zero-order valence-electron chi connectivity index (χ0n) is 6.16. The molecule has 0 aliphatic heterocycles. The van der Waals surface area contributed by atoms with E-state index in [-0.39, 0.29) is 12.1 Å². The van der Waals surface area contributed by atoms with Crippen LogP contribution in [-0.2, 0) is 0 Å². The molecule has 0 aliphatic carbocycles. The zero-order valence-corrected chi connectivity index (χ0v) is 7.06. The molecule has 2 nitrogen and oxygen atoms in total. The maximum absolute atomic E-state index is 5.61. The van der Waals surface area contributed by atoms with Crippen LogP contribution < -0.4 is 11.5 Å². The molecule has 4 N–H and O–H groups in total. The van der Waals surface area contributed by atoms with E-state index in [9.17, 15) is 0 Å². The lowest BCUT2D eigenvalue weighted by Gasteiger charge is -2.09. The van der Waals surface area contributed by atoms with Crippen LogP contribution >= 0.6 is 12.6 Å². The predicted molar refractivity (Wildman–Crippen MR) is 49.2 cm³/mol. The van der Waals surface area contributed by atoms with Gasteiger partial charge in [0.15, 0.2) is 0 Å². The van der Waals surface area contributed by atoms with Crippen LogP contribution in [0.25, 0.3) is 0 Å². The Hall–Kier alpha value is 0.0100. The molecule has 3 heteroatoms. The SMILES string of the molecule is C=CC(N)CCC(N)CS. The molecule has 0 radical (unpaired) electrons. The Kier molecular flexibility index (Phi) is 5.78. The molecule has 0 aromatic heterocycles. The number of rotatable bonds is 5. The van der Waals surface area contributed by atoms with Crippen LogP contribution in [0.3, 0.4) is 0 Å². The molecule has 0 rings (SSSR count). The summed E-state index contributed by atoms with van der Waals surface area (Å²) in [5.74, 6) is 0.726. The highest BCUT2D eigenvalue weighted by Crippen LogP contribution is 1.99. The molecule has 0 saturated carbocycles. The second-order valence-corrected chi connectivity index (χ2v) is 2.78. The number of nitrogens with two attached hydrogens (primary N) is 2. The molecular formula is C7H16N2S. The molecule has 0 heterocycles. The first-order valence-electron chi connectivity index (χ1n) is 3.45. The van der Waals surface area contributed by atoms with Gasteiger partial charge in [-0.05, 0) is 12.8 Å². The van der Waals surface area contributed by atoms with Gasteiger partial charge in [0.05, 0.1) is 0 Å². The normalized spacial score (nSPS) is 16.3. The van der Waals surface area contributed by atoms with E-state index in [0.29, 0.717) is 0 Å². The van der Waals surface area contributed by atoms with Crippen molar-refractivity contribution in [1.29, 1.82) is 0 Å². The highest BCUT2D eigenvalue weighted by atomic mass is 32.1. The molecule has 2 unspecified atom stereocenters. The van der Waals surface area contributed by atoms with Gasteiger partial charge in [-0.2, -0.15) is 12.6 Å². The summed E-state index contributed by atoms with van der Waals surface area (Å²) in [6.45, 7) is 3.58. The standard InChI is InChI=1S/C7H16N2S/c1-2-6(8)3-4-7(9)5-10/h2,6-7,10H,1,3-5,8-9H2. The summed E-state index contributed by atoms with van der Waals surface area (Å²) in [6.07, 6.45) is 3.58. The van der Waals surface area contributed by atoms with E-state index in [1.807, 2.05) is 0 Å². The summed E-state index contributed by atoms with van der Waals surface area (Å²) in [7, 11) is 0. The smallest absolute Gasteiger partial charge is 0.0221 e. The average molecular weight is 160 g/mol. The van der Waals surface area contributed by atoms with Crippen LogP contribution in [0.15, 0.2) is 12.7 Å². The highest BCUT2D eigenvalue weighted by Gasteiger charge is 2.01. The average Bonchev–Trinajstić information content (AvgIpc) is 1.99. The Morgan fingerprint density at radius 2 is 2.00 bits per heavy atom. The van der Waals surface area contributed by atoms with Gasteiger partial charge in [0, 0.05) is 17.8 Å². The first-order chi connectivity index (χ1) is 4.70. The van der Waals surface area contributed by atoms with E-state index in [2.05, 4.69) is 19.2 Å². The molecule has 0 fully saturated rings. The minimum atomic E-state index is 0.0888. The van der Waals surface area contributed by atoms with Crippen LogP contribution in [0.4, 0.5) is 0 Å². The first kappa shape index (κ1) is 10.0. The molecule has 60 valence electrons. The van der Waals surface area contributed by atoms with E-state index < -0.39 is 0 Å². The third kappa shape index (κ3) is 4.85. The molecule has 2 atom stereocenters. The number of hydrogen-bond donors (Lipinski definition) is 3. The van der Waals surface area contributed by atoms with E-state index in [1.165, 1.54) is 0 Å². The van der Waals surface area contributed by atoms with Gasteiger partial charge in [0.1, 0.15) is 0 Å². The van der Waals surface area contributed by atoms with Crippen molar-refractivity contribution in [3.63, 3.8) is 0 Å². The first-order valence-corrected chi connectivity index (χ1v) is 4.08. The lowest BCUT2D eigenvalue weighted by Crippen LogP contribution is -2.26. The Balaban J connectivity index is 3.25. The Morgan fingerprint density at radius 3 is 2.40 bits per heavy atom. The van der Waals surface area contributed by atoms with Crippen LogP contribution in [0.2, 0.25) is 0 Å². The second kappa shape index (κ2) is 5.77. The number of thiol groups is 1. The van der Waals surface area contributed by atoms with Gasteiger partial charge >= 0.3 is 0 Å². The third-order valence-corrected chi connectivity index (χ3v) is 1.88. The van der Waals surface area contributed by atoms with Crippen molar-refractivity contribution in [1.82, 2.24) is 0 Å². The van der Waals surface area contributed by atoms with Gasteiger partial charge in [-0.15, -0.1) is 6.58 Å². The lowest BCUT2D eigenvalue weighted by molar-refractivity contribution is 0.596. The van der Waals surface area contributed by atoms with E-state index >= 15 is 0 Å². The van der Waals surface area contributed by atoms with Crippen LogP contribution in [-0.4, -0.2) is 17.8 Å². The summed E-state index contributed by atoms with van der Waals surface area (Å²) >= 11 is 4.06. The maximum Gasteiger partial charge on any atom is 0.0221 e. The molecule has 0 aliphatic rings. The molecule has 0 aromatic carbocycles. The van der Waals surface area contributed by atoms with Crippen LogP contribution in [0, 0.1) is 0 Å². The van der Waals surface area contributed by atoms with Crippen molar-refractivity contribution in [2.45, 2.75) is 24.9 Å². The largest absolute Gasteiger partial charge is 0.327 e. The van der Waals surface area contributed by atoms with E-state index in [1.54, 1.807) is 6.08 Å². The molecule has 10 heavy (non-hydrogen) atoms. The predicted octanol–water partition coefficient (Wildman–Crippen LogP) is 0.537. The number of hydrogen-bond acceptors (Lipinski definition) is 3. The van der Waals surface area contributed by atoms with Gasteiger partial charge < -0.3 is 11.5 Å². The monoisotopic (exact) mass is 160 g/mol. The fourth-order valence-electron chi connectivity index (χ4n) is 0.616. The van der Waals surface area contributed by atoms with Gasteiger partial charge in [-0.25, -0.2) is 0 Å². The van der Waals surface area contributed by atoms with Crippen molar-refractivity contribution in [2.75, 3.05) is 5.75 Å². The van der Waals surface area contributed by atoms with E-state index in [0.717, 1.165) is 18.6 Å². The minimum absolute atomic E-state index is 0.0888. The maximum atomic E-state index is 5.61. The van der Waals surface area contributed by atoms with Crippen molar-refractivity contribution < 1.29 is 0 Å². The summed E-state index contributed by atoms with van der Waals surface area (Å²) in [4.78, 5) is 0. The fourth-order valence-corrected chi connectivity index (χ4v) is 0.798. The van der Waals surface area contributed by atoms with Crippen LogP contribution in [0.5, 0.6) is 0 Å². The molecular weight excluding hydrogens is 144 g/mol. The van der Waals surface area contributed by atoms with Gasteiger partial charge in [-0.1, -0.05) is 6.08 Å². The summed E-state index contributed by atoms with van der Waals surface area (Å²) in [5, 5.41) is 0. The van der Waals surface area contributed by atoms with E-state index in [4.69, 9.17) is 11.5 Å². The van der Waals surface area contributed by atoms with Crippen molar-refractivity contribution in [3.8, 4) is 0 Å². The van der Waals surface area contributed by atoms with Gasteiger partial charge in [0.2, 0.25) is 0 Å². The molecule has 0 spiro atoms. The Morgan fingerprint density at radius 1 is 1.40 bits per heavy atom. The summed E-state index contributed by atoms with van der Waals surface area (Å²) < 4.78 is 0. The molecule has 0 aromatic rings. The zero-order chi connectivity index (χ0) is 7.98. The Labute approximate surface area is 68.1 Å². The minimum Gasteiger partial charge on any atom is -0.327 e. The Bertz CT molecular complexity index is 95.6. The fraction of sp³-hybridized carbons (Fsp3) is 0.714. The van der Waals surface area contributed by atoms with Crippen molar-refractivity contribution in [2.24, 2.45) is 11.5 Å². The quantitative estimate of drug-likeness (QED) is 0.406.